The molecule has 0 saturated heterocycles. The number of hydrogen-bond acceptors (Lipinski definition) is 3. The van der Waals surface area contributed by atoms with Crippen LogP contribution in [0.25, 0.3) is 6.20 Å². The molecule has 0 aliphatic heterocycles. The summed E-state index contributed by atoms with van der Waals surface area (Å²) in [6.07, 6.45) is 3.38. The van der Waals surface area contributed by atoms with Crippen molar-refractivity contribution in [2.75, 3.05) is 7.05 Å². The predicted octanol–water partition coefficient (Wildman–Crippen LogP) is 3.77. The minimum atomic E-state index is -0.288. The fourth-order valence-electron chi connectivity index (χ4n) is 2.83. The van der Waals surface area contributed by atoms with E-state index in [4.69, 9.17) is 4.74 Å². The lowest BCUT2D eigenvalue weighted by atomic mass is 10.2. The van der Waals surface area contributed by atoms with Crippen LogP contribution in [0.2, 0.25) is 0 Å². The Hall–Kier alpha value is -3.67. The molecule has 0 atom stereocenters. The van der Waals surface area contributed by atoms with Gasteiger partial charge in [-0.3, -0.25) is 9.79 Å². The van der Waals surface area contributed by atoms with Gasteiger partial charge in [0.05, 0.1) is 5.56 Å². The Morgan fingerprint density at radius 3 is 2.62 bits per heavy atom. The monoisotopic (exact) mass is 391 g/mol. The number of ether oxygens (including phenoxy) is 1. The maximum atomic E-state index is 13.6. The normalized spacial score (nSPS) is 11.2. The SMILES string of the molecule is C=Cn1cccc(C(=O)NCc2ccc(OCc3ccccc3F)cc2)c1=NC. The summed E-state index contributed by atoms with van der Waals surface area (Å²) >= 11 is 0. The Labute approximate surface area is 168 Å². The summed E-state index contributed by atoms with van der Waals surface area (Å²) < 4.78 is 21.0. The van der Waals surface area contributed by atoms with Gasteiger partial charge in [0.2, 0.25) is 0 Å². The first-order valence-corrected chi connectivity index (χ1v) is 9.12. The lowest BCUT2D eigenvalue weighted by Gasteiger charge is -2.10. The molecule has 0 saturated carbocycles. The Morgan fingerprint density at radius 2 is 1.93 bits per heavy atom. The molecule has 0 unspecified atom stereocenters. The summed E-state index contributed by atoms with van der Waals surface area (Å²) in [5, 5.41) is 2.89. The predicted molar refractivity (Wildman–Crippen MR) is 111 cm³/mol. The van der Waals surface area contributed by atoms with Crippen LogP contribution in [0, 0.1) is 5.82 Å². The van der Waals surface area contributed by atoms with E-state index in [0.717, 1.165) is 5.56 Å². The van der Waals surface area contributed by atoms with Crippen molar-refractivity contribution >= 4 is 12.1 Å². The van der Waals surface area contributed by atoms with Crippen LogP contribution in [0.5, 0.6) is 5.75 Å². The molecule has 0 spiro atoms. The van der Waals surface area contributed by atoms with E-state index in [2.05, 4.69) is 16.9 Å². The van der Waals surface area contributed by atoms with Crippen molar-refractivity contribution in [3.05, 3.63) is 101 Å². The second-order valence-electron chi connectivity index (χ2n) is 6.27. The summed E-state index contributed by atoms with van der Waals surface area (Å²) in [4.78, 5) is 16.7. The van der Waals surface area contributed by atoms with Crippen LogP contribution >= 0.6 is 0 Å². The quantitative estimate of drug-likeness (QED) is 0.667. The van der Waals surface area contributed by atoms with Crippen molar-refractivity contribution in [3.8, 4) is 5.75 Å². The standard InChI is InChI=1S/C23H22FN3O2/c1-3-27-14-6-8-20(22(27)25-2)23(28)26-15-17-10-12-19(13-11-17)29-16-18-7-4-5-9-21(18)24/h3-14H,1,15-16H2,2H3,(H,26,28). The molecule has 0 fully saturated rings. The number of aromatic nitrogens is 1. The number of pyridine rings is 1. The molecule has 3 rings (SSSR count). The smallest absolute Gasteiger partial charge is 0.255 e. The summed E-state index contributed by atoms with van der Waals surface area (Å²) in [5.74, 6) is 0.121. The molecule has 2 aromatic carbocycles. The summed E-state index contributed by atoms with van der Waals surface area (Å²) in [6.45, 7) is 4.24. The number of amides is 1. The number of halogens is 1. The molecular weight excluding hydrogens is 369 g/mol. The Balaban J connectivity index is 1.60. The molecule has 148 valence electrons. The molecule has 1 N–H and O–H groups in total. The number of hydrogen-bond donors (Lipinski definition) is 1. The van der Waals surface area contributed by atoms with E-state index < -0.39 is 0 Å². The van der Waals surface area contributed by atoms with Gasteiger partial charge in [-0.05, 0) is 35.9 Å². The van der Waals surface area contributed by atoms with Gasteiger partial charge in [-0.25, -0.2) is 4.39 Å². The van der Waals surface area contributed by atoms with Crippen molar-refractivity contribution in [1.82, 2.24) is 9.88 Å². The number of nitrogens with zero attached hydrogens (tertiary/aromatic N) is 2. The molecule has 1 amide bonds. The van der Waals surface area contributed by atoms with E-state index >= 15 is 0 Å². The highest BCUT2D eigenvalue weighted by Gasteiger charge is 2.09. The molecule has 0 aliphatic carbocycles. The Bertz CT molecular complexity index is 1070. The first kappa shape index (κ1) is 20.1. The van der Waals surface area contributed by atoms with Crippen molar-refractivity contribution in [2.45, 2.75) is 13.2 Å². The maximum absolute atomic E-state index is 13.6. The lowest BCUT2D eigenvalue weighted by molar-refractivity contribution is 0.0948. The molecule has 6 heteroatoms. The number of carbonyl (C=O) groups is 1. The third-order valence-corrected chi connectivity index (χ3v) is 4.38. The van der Waals surface area contributed by atoms with Crippen LogP contribution in [-0.4, -0.2) is 17.5 Å². The van der Waals surface area contributed by atoms with Gasteiger partial charge >= 0.3 is 0 Å². The largest absolute Gasteiger partial charge is 0.489 e. The van der Waals surface area contributed by atoms with E-state index in [-0.39, 0.29) is 18.3 Å². The molecule has 5 nitrogen and oxygen atoms in total. The third kappa shape index (κ3) is 4.99. The third-order valence-electron chi connectivity index (χ3n) is 4.38. The van der Waals surface area contributed by atoms with Gasteiger partial charge in [-0.2, -0.15) is 0 Å². The van der Waals surface area contributed by atoms with Gasteiger partial charge in [0, 0.05) is 31.6 Å². The van der Waals surface area contributed by atoms with Gasteiger partial charge in [-0.15, -0.1) is 0 Å². The van der Waals surface area contributed by atoms with Gasteiger partial charge < -0.3 is 14.6 Å². The average molecular weight is 391 g/mol. The molecular formula is C23H22FN3O2. The first-order valence-electron chi connectivity index (χ1n) is 9.12. The van der Waals surface area contributed by atoms with E-state index in [0.29, 0.717) is 28.9 Å². The Kier molecular flexibility index (Phi) is 6.58. The number of carbonyl (C=O) groups excluding carboxylic acids is 1. The first-order chi connectivity index (χ1) is 14.1. The molecule has 0 bridgehead atoms. The zero-order chi connectivity index (χ0) is 20.6. The van der Waals surface area contributed by atoms with Crippen molar-refractivity contribution in [3.63, 3.8) is 0 Å². The van der Waals surface area contributed by atoms with Crippen molar-refractivity contribution in [2.24, 2.45) is 4.99 Å². The average Bonchev–Trinajstić information content (AvgIpc) is 2.77. The second kappa shape index (κ2) is 9.50. The molecule has 29 heavy (non-hydrogen) atoms. The van der Waals surface area contributed by atoms with Gasteiger partial charge in [0.25, 0.3) is 5.91 Å². The second-order valence-corrected chi connectivity index (χ2v) is 6.27. The molecule has 0 aliphatic rings. The number of benzene rings is 2. The number of rotatable bonds is 7. The molecule has 1 heterocycles. The van der Waals surface area contributed by atoms with Crippen LogP contribution < -0.4 is 15.5 Å². The van der Waals surface area contributed by atoms with E-state index in [9.17, 15) is 9.18 Å². The highest BCUT2D eigenvalue weighted by molar-refractivity contribution is 5.93. The highest BCUT2D eigenvalue weighted by Crippen LogP contribution is 2.15. The van der Waals surface area contributed by atoms with E-state index in [1.165, 1.54) is 6.07 Å². The molecule has 3 aromatic rings. The fraction of sp³-hybridized carbons (Fsp3) is 0.130. The van der Waals surface area contributed by atoms with Crippen molar-refractivity contribution in [1.29, 1.82) is 0 Å². The fourth-order valence-corrected chi connectivity index (χ4v) is 2.83. The van der Waals surface area contributed by atoms with E-state index in [1.54, 1.807) is 66.5 Å². The zero-order valence-electron chi connectivity index (χ0n) is 16.1. The van der Waals surface area contributed by atoms with Crippen LogP contribution in [0.1, 0.15) is 21.5 Å². The summed E-state index contributed by atoms with van der Waals surface area (Å²) in [5.41, 5.74) is 2.43. The van der Waals surface area contributed by atoms with Crippen molar-refractivity contribution < 1.29 is 13.9 Å². The van der Waals surface area contributed by atoms with Crippen LogP contribution in [0.15, 0.2) is 78.4 Å². The minimum Gasteiger partial charge on any atom is -0.489 e. The minimum absolute atomic E-state index is 0.156. The van der Waals surface area contributed by atoms with Crippen LogP contribution in [-0.2, 0) is 13.2 Å². The molecule has 1 aromatic heterocycles. The van der Waals surface area contributed by atoms with Crippen LogP contribution in [0.4, 0.5) is 4.39 Å². The summed E-state index contributed by atoms with van der Waals surface area (Å²) in [7, 11) is 1.63. The topological polar surface area (TPSA) is 55.6 Å². The Morgan fingerprint density at radius 1 is 1.17 bits per heavy atom. The molecule has 0 radical (unpaired) electrons. The van der Waals surface area contributed by atoms with Gasteiger partial charge in [-0.1, -0.05) is 36.9 Å². The zero-order valence-corrected chi connectivity index (χ0v) is 16.1. The lowest BCUT2D eigenvalue weighted by Crippen LogP contribution is -2.32. The summed E-state index contributed by atoms with van der Waals surface area (Å²) in [6, 6.07) is 17.3. The van der Waals surface area contributed by atoms with Gasteiger partial charge in [0.15, 0.2) is 0 Å². The van der Waals surface area contributed by atoms with E-state index in [1.807, 2.05) is 12.1 Å². The maximum Gasteiger partial charge on any atom is 0.255 e. The number of nitrogens with one attached hydrogen (secondary N) is 1. The van der Waals surface area contributed by atoms with Crippen LogP contribution in [0.3, 0.4) is 0 Å². The van der Waals surface area contributed by atoms with Gasteiger partial charge in [0.1, 0.15) is 23.7 Å². The highest BCUT2D eigenvalue weighted by atomic mass is 19.1.